The maximum absolute atomic E-state index is 11.5. The highest BCUT2D eigenvalue weighted by Crippen LogP contribution is 2.19. The molecule has 1 amide bonds. The van der Waals surface area contributed by atoms with Gasteiger partial charge < -0.3 is 14.6 Å². The van der Waals surface area contributed by atoms with E-state index in [-0.39, 0.29) is 12.7 Å². The fourth-order valence-corrected chi connectivity index (χ4v) is 2.02. The Labute approximate surface area is 116 Å². The maximum atomic E-state index is 11.5. The zero-order valence-electron chi connectivity index (χ0n) is 10.6. The molecule has 0 aliphatic carbocycles. The van der Waals surface area contributed by atoms with E-state index in [4.69, 9.17) is 21.1 Å². The summed E-state index contributed by atoms with van der Waals surface area (Å²) in [5.41, 5.74) is 0. The number of hydrogen-bond donors (Lipinski definition) is 1. The van der Waals surface area contributed by atoms with Gasteiger partial charge in [0.1, 0.15) is 18.6 Å². The van der Waals surface area contributed by atoms with E-state index in [0.29, 0.717) is 23.7 Å². The Morgan fingerprint density at radius 3 is 3.11 bits per heavy atom. The van der Waals surface area contributed by atoms with Crippen LogP contribution in [0.15, 0.2) is 24.3 Å². The Morgan fingerprint density at radius 2 is 2.42 bits per heavy atom. The van der Waals surface area contributed by atoms with Gasteiger partial charge in [-0.1, -0.05) is 24.6 Å². The molecular formula is C13H16ClNO4. The molecule has 19 heavy (non-hydrogen) atoms. The number of amides is 1. The van der Waals surface area contributed by atoms with Crippen molar-refractivity contribution in [3.8, 4) is 5.75 Å². The second-order valence-electron chi connectivity index (χ2n) is 4.32. The monoisotopic (exact) mass is 285 g/mol. The largest absolute Gasteiger partial charge is 0.490 e. The second kappa shape index (κ2) is 6.12. The fraction of sp³-hybridized carbons (Fsp3) is 0.462. The third-order valence-corrected chi connectivity index (χ3v) is 3.09. The molecule has 0 radical (unpaired) electrons. The first-order valence-electron chi connectivity index (χ1n) is 6.14. The molecule has 0 saturated carbocycles. The Morgan fingerprint density at radius 1 is 1.63 bits per heavy atom. The van der Waals surface area contributed by atoms with Gasteiger partial charge in [-0.2, -0.15) is 0 Å². The van der Waals surface area contributed by atoms with Gasteiger partial charge >= 0.3 is 6.09 Å². The molecule has 6 heteroatoms. The Balaban J connectivity index is 1.86. The summed E-state index contributed by atoms with van der Waals surface area (Å²) in [5.74, 6) is 0.623. The number of benzene rings is 1. The number of rotatable bonds is 5. The third-order valence-electron chi connectivity index (χ3n) is 2.86. The van der Waals surface area contributed by atoms with Crippen LogP contribution in [-0.4, -0.2) is 41.6 Å². The highest BCUT2D eigenvalue weighted by molar-refractivity contribution is 6.30. The molecule has 1 N–H and O–H groups in total. The molecule has 2 rings (SSSR count). The average Bonchev–Trinajstić information content (AvgIpc) is 2.77. The van der Waals surface area contributed by atoms with Gasteiger partial charge in [0.2, 0.25) is 0 Å². The molecule has 2 atom stereocenters. The van der Waals surface area contributed by atoms with Crippen molar-refractivity contribution in [3.63, 3.8) is 0 Å². The molecule has 0 spiro atoms. The van der Waals surface area contributed by atoms with Crippen LogP contribution < -0.4 is 4.74 Å². The standard InChI is InChI=1S/C13H16ClNO4/c1-2-12(16)15-7-11(19-13(15)17)8-18-10-5-3-4-9(14)6-10/h3-6,11-12,16H,2,7-8H2,1H3/t11-,12-/m0/s1. The molecule has 104 valence electrons. The number of aliphatic hydroxyl groups excluding tert-OH is 1. The summed E-state index contributed by atoms with van der Waals surface area (Å²) in [6, 6.07) is 7.01. The lowest BCUT2D eigenvalue weighted by atomic mass is 10.3. The molecule has 1 aromatic rings. The number of hydrogen-bond acceptors (Lipinski definition) is 4. The summed E-state index contributed by atoms with van der Waals surface area (Å²) >= 11 is 5.84. The SMILES string of the molecule is CC[C@H](O)N1C[C@@H](COc2cccc(Cl)c2)OC1=O. The number of nitrogens with zero attached hydrogens (tertiary/aromatic N) is 1. The van der Waals surface area contributed by atoms with Crippen molar-refractivity contribution in [2.75, 3.05) is 13.2 Å². The molecule has 1 saturated heterocycles. The van der Waals surface area contributed by atoms with Crippen molar-refractivity contribution >= 4 is 17.7 Å². The van der Waals surface area contributed by atoms with Crippen LogP contribution in [0.5, 0.6) is 5.75 Å². The minimum atomic E-state index is -0.802. The normalized spacial score (nSPS) is 20.3. The predicted octanol–water partition coefficient (Wildman–Crippen LogP) is 2.27. The minimum absolute atomic E-state index is 0.235. The Kier molecular flexibility index (Phi) is 4.50. The summed E-state index contributed by atoms with van der Waals surface area (Å²) < 4.78 is 10.6. The quantitative estimate of drug-likeness (QED) is 0.901. The number of aliphatic hydroxyl groups is 1. The van der Waals surface area contributed by atoms with Gasteiger partial charge in [0.25, 0.3) is 0 Å². The summed E-state index contributed by atoms with van der Waals surface area (Å²) in [4.78, 5) is 12.8. The van der Waals surface area contributed by atoms with Crippen molar-refractivity contribution in [2.24, 2.45) is 0 Å². The molecule has 1 aliphatic heterocycles. The van der Waals surface area contributed by atoms with Crippen molar-refractivity contribution in [3.05, 3.63) is 29.3 Å². The zero-order chi connectivity index (χ0) is 13.8. The molecule has 0 bridgehead atoms. The van der Waals surface area contributed by atoms with Gasteiger partial charge in [-0.3, -0.25) is 4.90 Å². The molecule has 0 aromatic heterocycles. The Hall–Kier alpha value is -1.46. The molecule has 5 nitrogen and oxygen atoms in total. The van der Waals surface area contributed by atoms with Crippen molar-refractivity contribution in [1.82, 2.24) is 4.90 Å². The molecular weight excluding hydrogens is 270 g/mol. The van der Waals surface area contributed by atoms with Crippen molar-refractivity contribution in [1.29, 1.82) is 0 Å². The lowest BCUT2D eigenvalue weighted by Gasteiger charge is -2.18. The fourth-order valence-electron chi connectivity index (χ4n) is 1.84. The van der Waals surface area contributed by atoms with E-state index in [1.807, 2.05) is 0 Å². The van der Waals surface area contributed by atoms with Gasteiger partial charge in [-0.25, -0.2) is 4.79 Å². The van der Waals surface area contributed by atoms with Crippen LogP contribution in [0.25, 0.3) is 0 Å². The van der Waals surface area contributed by atoms with Crippen LogP contribution in [0.3, 0.4) is 0 Å². The number of carbonyl (C=O) groups is 1. The van der Waals surface area contributed by atoms with E-state index >= 15 is 0 Å². The van der Waals surface area contributed by atoms with E-state index in [9.17, 15) is 9.90 Å². The van der Waals surface area contributed by atoms with Crippen LogP contribution >= 0.6 is 11.6 Å². The third kappa shape index (κ3) is 3.52. The van der Waals surface area contributed by atoms with Crippen LogP contribution in [-0.2, 0) is 4.74 Å². The Bertz CT molecular complexity index is 454. The van der Waals surface area contributed by atoms with E-state index in [0.717, 1.165) is 0 Å². The predicted molar refractivity (Wildman–Crippen MR) is 70.2 cm³/mol. The lowest BCUT2D eigenvalue weighted by Crippen LogP contribution is -2.36. The molecule has 1 heterocycles. The molecule has 1 aromatic carbocycles. The van der Waals surface area contributed by atoms with Gasteiger partial charge in [-0.15, -0.1) is 0 Å². The number of halogens is 1. The first kappa shape index (κ1) is 14.0. The van der Waals surface area contributed by atoms with Gasteiger partial charge in [0, 0.05) is 5.02 Å². The van der Waals surface area contributed by atoms with Crippen LogP contribution in [0, 0.1) is 0 Å². The van der Waals surface area contributed by atoms with E-state index in [2.05, 4.69) is 0 Å². The summed E-state index contributed by atoms with van der Waals surface area (Å²) in [6.45, 7) is 2.36. The zero-order valence-corrected chi connectivity index (χ0v) is 11.3. The minimum Gasteiger partial charge on any atom is -0.490 e. The van der Waals surface area contributed by atoms with E-state index in [1.54, 1.807) is 31.2 Å². The first-order chi connectivity index (χ1) is 9.10. The van der Waals surface area contributed by atoms with E-state index < -0.39 is 12.3 Å². The first-order valence-corrected chi connectivity index (χ1v) is 6.51. The van der Waals surface area contributed by atoms with Crippen LogP contribution in [0.4, 0.5) is 4.79 Å². The molecule has 1 fully saturated rings. The van der Waals surface area contributed by atoms with Crippen molar-refractivity contribution in [2.45, 2.75) is 25.7 Å². The summed E-state index contributed by atoms with van der Waals surface area (Å²) in [6.07, 6.45) is -1.22. The molecule has 0 unspecified atom stereocenters. The van der Waals surface area contributed by atoms with Gasteiger partial charge in [0.15, 0.2) is 6.10 Å². The van der Waals surface area contributed by atoms with Gasteiger partial charge in [-0.05, 0) is 24.6 Å². The highest BCUT2D eigenvalue weighted by Gasteiger charge is 2.35. The topological polar surface area (TPSA) is 59.0 Å². The second-order valence-corrected chi connectivity index (χ2v) is 4.75. The summed E-state index contributed by atoms with van der Waals surface area (Å²) in [5, 5.41) is 10.2. The average molecular weight is 286 g/mol. The smallest absolute Gasteiger partial charge is 0.412 e. The van der Waals surface area contributed by atoms with Crippen LogP contribution in [0.2, 0.25) is 5.02 Å². The number of ether oxygens (including phenoxy) is 2. The highest BCUT2D eigenvalue weighted by atomic mass is 35.5. The summed E-state index contributed by atoms with van der Waals surface area (Å²) in [7, 11) is 0. The lowest BCUT2D eigenvalue weighted by molar-refractivity contribution is 0.0350. The van der Waals surface area contributed by atoms with E-state index in [1.165, 1.54) is 4.90 Å². The van der Waals surface area contributed by atoms with Crippen LogP contribution in [0.1, 0.15) is 13.3 Å². The van der Waals surface area contributed by atoms with Gasteiger partial charge in [0.05, 0.1) is 6.54 Å². The molecule has 1 aliphatic rings. The number of cyclic esters (lactones) is 1. The van der Waals surface area contributed by atoms with Crippen molar-refractivity contribution < 1.29 is 19.4 Å². The number of carbonyl (C=O) groups excluding carboxylic acids is 1. The maximum Gasteiger partial charge on any atom is 0.412 e.